The van der Waals surface area contributed by atoms with Crippen molar-refractivity contribution in [3.05, 3.63) is 29.8 Å². The molecular weight excluding hydrogens is 368 g/mol. The fourth-order valence-corrected chi connectivity index (χ4v) is 3.99. The Morgan fingerprint density at radius 1 is 1.24 bits per heavy atom. The lowest BCUT2D eigenvalue weighted by molar-refractivity contribution is -0.0829. The SMILES string of the molecule is CN(CCc1cccc(OCCN2CC3(CCOCC3)C2)c1)C(=O)OC(C)(C)C. The van der Waals surface area contributed by atoms with Crippen LogP contribution in [0.5, 0.6) is 5.75 Å². The van der Waals surface area contributed by atoms with Gasteiger partial charge in [0.25, 0.3) is 0 Å². The van der Waals surface area contributed by atoms with Crippen LogP contribution in [0.4, 0.5) is 4.79 Å². The van der Waals surface area contributed by atoms with Gasteiger partial charge in [-0.3, -0.25) is 4.90 Å². The first kappa shape index (κ1) is 21.9. The number of carbonyl (C=O) groups excluding carboxylic acids is 1. The number of likely N-dealkylation sites (tertiary alicyclic amines) is 1. The third-order valence-electron chi connectivity index (χ3n) is 5.69. The zero-order chi connectivity index (χ0) is 20.9. The Bertz CT molecular complexity index is 672. The van der Waals surface area contributed by atoms with Gasteiger partial charge in [-0.15, -0.1) is 0 Å². The van der Waals surface area contributed by atoms with Crippen LogP contribution in [-0.4, -0.2) is 74.5 Å². The third-order valence-corrected chi connectivity index (χ3v) is 5.69. The van der Waals surface area contributed by atoms with Crippen LogP contribution in [0.1, 0.15) is 39.2 Å². The van der Waals surface area contributed by atoms with Crippen molar-refractivity contribution in [1.82, 2.24) is 9.80 Å². The summed E-state index contributed by atoms with van der Waals surface area (Å²) in [5, 5.41) is 0. The quantitative estimate of drug-likeness (QED) is 0.695. The molecule has 0 saturated carbocycles. The number of hydrogen-bond donors (Lipinski definition) is 0. The average molecular weight is 405 g/mol. The molecule has 162 valence electrons. The van der Waals surface area contributed by atoms with Gasteiger partial charge in [0.1, 0.15) is 18.0 Å². The van der Waals surface area contributed by atoms with Crippen molar-refractivity contribution in [1.29, 1.82) is 0 Å². The molecule has 6 heteroatoms. The summed E-state index contributed by atoms with van der Waals surface area (Å²) in [5.41, 5.74) is 1.20. The summed E-state index contributed by atoms with van der Waals surface area (Å²) in [6.45, 7) is 12.1. The van der Waals surface area contributed by atoms with E-state index in [0.29, 0.717) is 18.6 Å². The van der Waals surface area contributed by atoms with Gasteiger partial charge in [-0.05, 0) is 57.7 Å². The maximum atomic E-state index is 12.1. The smallest absolute Gasteiger partial charge is 0.410 e. The molecule has 0 bridgehead atoms. The fraction of sp³-hybridized carbons (Fsp3) is 0.696. The summed E-state index contributed by atoms with van der Waals surface area (Å²) >= 11 is 0. The van der Waals surface area contributed by atoms with Crippen molar-refractivity contribution in [2.24, 2.45) is 5.41 Å². The highest BCUT2D eigenvalue weighted by Gasteiger charge is 2.43. The molecule has 1 aromatic carbocycles. The molecule has 0 aromatic heterocycles. The van der Waals surface area contributed by atoms with Crippen LogP contribution in [0.15, 0.2) is 24.3 Å². The van der Waals surface area contributed by atoms with E-state index in [-0.39, 0.29) is 6.09 Å². The Balaban J connectivity index is 1.37. The molecule has 0 unspecified atom stereocenters. The molecule has 0 aliphatic carbocycles. The van der Waals surface area contributed by atoms with E-state index in [2.05, 4.69) is 17.0 Å². The van der Waals surface area contributed by atoms with E-state index >= 15 is 0 Å². The van der Waals surface area contributed by atoms with Crippen molar-refractivity contribution >= 4 is 6.09 Å². The number of amides is 1. The van der Waals surface area contributed by atoms with Crippen molar-refractivity contribution in [2.75, 3.05) is 53.0 Å². The van der Waals surface area contributed by atoms with Crippen molar-refractivity contribution in [3.8, 4) is 5.75 Å². The lowest BCUT2D eigenvalue weighted by atomic mass is 9.73. The van der Waals surface area contributed by atoms with Crippen molar-refractivity contribution < 1.29 is 19.0 Å². The molecule has 3 rings (SSSR count). The molecule has 2 heterocycles. The molecule has 2 fully saturated rings. The van der Waals surface area contributed by atoms with E-state index in [1.54, 1.807) is 11.9 Å². The molecule has 29 heavy (non-hydrogen) atoms. The first-order valence-corrected chi connectivity index (χ1v) is 10.7. The van der Waals surface area contributed by atoms with Crippen LogP contribution >= 0.6 is 0 Å². The third kappa shape index (κ3) is 6.61. The second-order valence-corrected chi connectivity index (χ2v) is 9.47. The van der Waals surface area contributed by atoms with Crippen LogP contribution < -0.4 is 4.74 Å². The molecule has 1 amide bonds. The number of benzene rings is 1. The minimum absolute atomic E-state index is 0.290. The number of carbonyl (C=O) groups is 1. The standard InChI is InChI=1S/C23H36N2O4/c1-22(2,3)29-21(26)24(4)11-8-19-6-5-7-20(16-19)28-15-12-25-17-23(18-25)9-13-27-14-10-23/h5-7,16H,8-15,17-18H2,1-4H3. The summed E-state index contributed by atoms with van der Waals surface area (Å²) < 4.78 is 16.9. The van der Waals surface area contributed by atoms with Gasteiger partial charge in [0.2, 0.25) is 0 Å². The maximum Gasteiger partial charge on any atom is 0.410 e. The van der Waals surface area contributed by atoms with Gasteiger partial charge in [-0.2, -0.15) is 0 Å². The van der Waals surface area contributed by atoms with Gasteiger partial charge in [-0.25, -0.2) is 4.79 Å². The molecule has 0 N–H and O–H groups in total. The summed E-state index contributed by atoms with van der Waals surface area (Å²) in [4.78, 5) is 16.2. The molecule has 1 spiro atoms. The van der Waals surface area contributed by atoms with Crippen LogP contribution in [0.3, 0.4) is 0 Å². The van der Waals surface area contributed by atoms with E-state index in [9.17, 15) is 4.79 Å². The van der Waals surface area contributed by atoms with Crippen LogP contribution in [0.2, 0.25) is 0 Å². The Kier molecular flexibility index (Phi) is 7.06. The fourth-order valence-electron chi connectivity index (χ4n) is 3.99. The van der Waals surface area contributed by atoms with Gasteiger partial charge >= 0.3 is 6.09 Å². The molecule has 2 aliphatic heterocycles. The van der Waals surface area contributed by atoms with Gasteiger partial charge in [0.05, 0.1) is 0 Å². The minimum Gasteiger partial charge on any atom is -0.492 e. The second kappa shape index (κ2) is 9.35. The molecule has 2 aliphatic rings. The summed E-state index contributed by atoms with van der Waals surface area (Å²) in [7, 11) is 1.77. The number of likely N-dealkylation sites (N-methyl/N-ethyl adjacent to an activating group) is 1. The topological polar surface area (TPSA) is 51.2 Å². The number of hydrogen-bond acceptors (Lipinski definition) is 5. The summed E-state index contributed by atoms with van der Waals surface area (Å²) in [5.74, 6) is 0.892. The van der Waals surface area contributed by atoms with Gasteiger partial charge < -0.3 is 19.1 Å². The van der Waals surface area contributed by atoms with Crippen LogP contribution in [0, 0.1) is 5.41 Å². The zero-order valence-electron chi connectivity index (χ0n) is 18.4. The van der Waals surface area contributed by atoms with Gasteiger partial charge in [0.15, 0.2) is 0 Å². The van der Waals surface area contributed by atoms with E-state index in [1.807, 2.05) is 32.9 Å². The first-order valence-electron chi connectivity index (χ1n) is 10.7. The average Bonchev–Trinajstić information content (AvgIpc) is 2.64. The van der Waals surface area contributed by atoms with E-state index in [1.165, 1.54) is 25.9 Å². The largest absolute Gasteiger partial charge is 0.492 e. The molecule has 1 aromatic rings. The van der Waals surface area contributed by atoms with Crippen LogP contribution in [0.25, 0.3) is 0 Å². The first-order chi connectivity index (χ1) is 13.7. The van der Waals surface area contributed by atoms with E-state index < -0.39 is 5.60 Å². The molecule has 2 saturated heterocycles. The summed E-state index contributed by atoms with van der Waals surface area (Å²) in [6, 6.07) is 8.15. The molecule has 0 atom stereocenters. The summed E-state index contributed by atoms with van der Waals surface area (Å²) in [6.07, 6.45) is 2.87. The zero-order valence-corrected chi connectivity index (χ0v) is 18.4. The Morgan fingerprint density at radius 2 is 1.97 bits per heavy atom. The Morgan fingerprint density at radius 3 is 2.66 bits per heavy atom. The highest BCUT2D eigenvalue weighted by Crippen LogP contribution is 2.39. The van der Waals surface area contributed by atoms with Gasteiger partial charge in [-0.1, -0.05) is 12.1 Å². The molecular formula is C23H36N2O4. The highest BCUT2D eigenvalue weighted by atomic mass is 16.6. The lowest BCUT2D eigenvalue weighted by Gasteiger charge is -2.52. The predicted octanol–water partition coefficient (Wildman–Crippen LogP) is 3.59. The van der Waals surface area contributed by atoms with Crippen molar-refractivity contribution in [2.45, 2.75) is 45.6 Å². The minimum atomic E-state index is -0.472. The second-order valence-electron chi connectivity index (χ2n) is 9.47. The van der Waals surface area contributed by atoms with Crippen molar-refractivity contribution in [3.63, 3.8) is 0 Å². The Hall–Kier alpha value is -1.79. The predicted molar refractivity (Wildman–Crippen MR) is 113 cm³/mol. The van der Waals surface area contributed by atoms with Crippen LogP contribution in [-0.2, 0) is 15.9 Å². The molecule has 6 nitrogen and oxygen atoms in total. The van der Waals surface area contributed by atoms with E-state index in [4.69, 9.17) is 14.2 Å². The van der Waals surface area contributed by atoms with E-state index in [0.717, 1.165) is 37.5 Å². The maximum absolute atomic E-state index is 12.1. The molecule has 0 radical (unpaired) electrons. The number of rotatable bonds is 7. The normalized spacial score (nSPS) is 18.9. The Labute approximate surface area is 175 Å². The lowest BCUT2D eigenvalue weighted by Crippen LogP contribution is -2.59. The number of ether oxygens (including phenoxy) is 3. The monoisotopic (exact) mass is 404 g/mol. The van der Waals surface area contributed by atoms with Gasteiger partial charge in [0, 0.05) is 51.9 Å². The number of nitrogens with zero attached hydrogens (tertiary/aromatic N) is 2. The highest BCUT2D eigenvalue weighted by molar-refractivity contribution is 5.67.